The Kier molecular flexibility index (Phi) is 7.88. The van der Waals surface area contributed by atoms with E-state index in [0.717, 1.165) is 5.69 Å². The smallest absolute Gasteiger partial charge is 0.338 e. The summed E-state index contributed by atoms with van der Waals surface area (Å²) in [7, 11) is 0. The average molecular weight is 386 g/mol. The number of amides is 2. The van der Waals surface area contributed by atoms with Gasteiger partial charge in [0.2, 0.25) is 11.8 Å². The number of esters is 1. The molecule has 0 saturated heterocycles. The van der Waals surface area contributed by atoms with Crippen molar-refractivity contribution in [3.05, 3.63) is 60.2 Å². The first-order valence-electron chi connectivity index (χ1n) is 8.54. The number of anilines is 2. The van der Waals surface area contributed by atoms with Crippen molar-refractivity contribution in [1.82, 2.24) is 0 Å². The van der Waals surface area contributed by atoms with E-state index < -0.39 is 11.2 Å². The van der Waals surface area contributed by atoms with Gasteiger partial charge in [0.25, 0.3) is 0 Å². The molecule has 1 unspecified atom stereocenters. The maximum absolute atomic E-state index is 12.2. The zero-order valence-corrected chi connectivity index (χ0v) is 16.0. The van der Waals surface area contributed by atoms with E-state index >= 15 is 0 Å². The highest BCUT2D eigenvalue weighted by Gasteiger charge is 2.16. The van der Waals surface area contributed by atoms with E-state index in [9.17, 15) is 14.4 Å². The van der Waals surface area contributed by atoms with Gasteiger partial charge in [-0.25, -0.2) is 4.79 Å². The number of hydrogen-bond donors (Lipinski definition) is 2. The summed E-state index contributed by atoms with van der Waals surface area (Å²) in [6.07, 6.45) is 0. The van der Waals surface area contributed by atoms with Crippen LogP contribution in [0, 0.1) is 0 Å². The van der Waals surface area contributed by atoms with E-state index in [1.165, 1.54) is 11.8 Å². The zero-order chi connectivity index (χ0) is 19.6. The van der Waals surface area contributed by atoms with Crippen molar-refractivity contribution >= 4 is 40.9 Å². The SMILES string of the molecule is CCOC(=O)c1ccc(NC(=O)C(C)SCC(=O)Nc2ccccc2)cc1. The summed E-state index contributed by atoms with van der Waals surface area (Å²) in [5, 5.41) is 5.14. The lowest BCUT2D eigenvalue weighted by Gasteiger charge is -2.12. The molecule has 0 radical (unpaired) electrons. The maximum Gasteiger partial charge on any atom is 0.338 e. The third-order valence-electron chi connectivity index (χ3n) is 3.55. The first-order chi connectivity index (χ1) is 13.0. The molecule has 1 atom stereocenters. The molecule has 0 aromatic heterocycles. The number of carbonyl (C=O) groups is 3. The molecule has 0 saturated carbocycles. The molecule has 0 aliphatic heterocycles. The Balaban J connectivity index is 1.79. The average Bonchev–Trinajstić information content (AvgIpc) is 2.67. The molecule has 0 spiro atoms. The van der Waals surface area contributed by atoms with Crippen molar-refractivity contribution in [1.29, 1.82) is 0 Å². The summed E-state index contributed by atoms with van der Waals surface area (Å²) in [5.74, 6) is -0.601. The fourth-order valence-corrected chi connectivity index (χ4v) is 2.83. The molecule has 2 aromatic carbocycles. The molecule has 142 valence electrons. The summed E-state index contributed by atoms with van der Waals surface area (Å²) in [5.41, 5.74) is 1.73. The quantitative estimate of drug-likeness (QED) is 0.678. The Morgan fingerprint density at radius 3 is 2.22 bits per heavy atom. The lowest BCUT2D eigenvalue weighted by Crippen LogP contribution is -2.25. The highest BCUT2D eigenvalue weighted by molar-refractivity contribution is 8.01. The van der Waals surface area contributed by atoms with E-state index in [0.29, 0.717) is 17.9 Å². The van der Waals surface area contributed by atoms with Crippen molar-refractivity contribution in [2.24, 2.45) is 0 Å². The number of thioether (sulfide) groups is 1. The Bertz CT molecular complexity index is 778. The molecule has 2 rings (SSSR count). The molecule has 0 aliphatic carbocycles. The summed E-state index contributed by atoms with van der Waals surface area (Å²) in [6, 6.07) is 15.6. The Labute approximate surface area is 162 Å². The summed E-state index contributed by atoms with van der Waals surface area (Å²) >= 11 is 1.25. The normalized spacial score (nSPS) is 11.3. The van der Waals surface area contributed by atoms with Gasteiger partial charge in [-0.1, -0.05) is 18.2 Å². The zero-order valence-electron chi connectivity index (χ0n) is 15.2. The minimum absolute atomic E-state index is 0.162. The molecule has 0 fully saturated rings. The topological polar surface area (TPSA) is 84.5 Å². The van der Waals surface area contributed by atoms with E-state index in [-0.39, 0.29) is 17.6 Å². The van der Waals surface area contributed by atoms with Crippen LogP contribution in [0.4, 0.5) is 11.4 Å². The Morgan fingerprint density at radius 2 is 1.59 bits per heavy atom. The minimum Gasteiger partial charge on any atom is -0.462 e. The third-order valence-corrected chi connectivity index (χ3v) is 4.70. The number of nitrogens with one attached hydrogen (secondary N) is 2. The molecule has 0 aliphatic rings. The number of carbonyl (C=O) groups excluding carboxylic acids is 3. The van der Waals surface area contributed by atoms with Crippen LogP contribution in [0.25, 0.3) is 0 Å². The van der Waals surface area contributed by atoms with E-state index in [1.807, 2.05) is 18.2 Å². The van der Waals surface area contributed by atoms with Gasteiger partial charge in [0, 0.05) is 11.4 Å². The van der Waals surface area contributed by atoms with Crippen LogP contribution in [0.5, 0.6) is 0 Å². The van der Waals surface area contributed by atoms with Gasteiger partial charge >= 0.3 is 5.97 Å². The van der Waals surface area contributed by atoms with Crippen LogP contribution in [-0.2, 0) is 14.3 Å². The molecule has 27 heavy (non-hydrogen) atoms. The Morgan fingerprint density at radius 1 is 0.963 bits per heavy atom. The Hall–Kier alpha value is -2.80. The van der Waals surface area contributed by atoms with Gasteiger partial charge in [0.15, 0.2) is 0 Å². The third kappa shape index (κ3) is 6.79. The molecule has 6 nitrogen and oxygen atoms in total. The molecule has 0 heterocycles. The highest BCUT2D eigenvalue weighted by atomic mass is 32.2. The fraction of sp³-hybridized carbons (Fsp3) is 0.250. The maximum atomic E-state index is 12.2. The molecule has 2 N–H and O–H groups in total. The molecule has 2 aromatic rings. The van der Waals surface area contributed by atoms with E-state index in [2.05, 4.69) is 10.6 Å². The van der Waals surface area contributed by atoms with E-state index in [4.69, 9.17) is 4.74 Å². The second kappa shape index (κ2) is 10.4. The minimum atomic E-state index is -0.406. The first kappa shape index (κ1) is 20.5. The molecule has 7 heteroatoms. The fourth-order valence-electron chi connectivity index (χ4n) is 2.14. The van der Waals surface area contributed by atoms with Gasteiger partial charge in [-0.2, -0.15) is 0 Å². The van der Waals surface area contributed by atoms with Crippen molar-refractivity contribution < 1.29 is 19.1 Å². The number of benzene rings is 2. The van der Waals surface area contributed by atoms with Crippen LogP contribution in [0.3, 0.4) is 0 Å². The predicted octanol–water partition coefficient (Wildman–Crippen LogP) is 3.56. The number of hydrogen-bond acceptors (Lipinski definition) is 5. The van der Waals surface area contributed by atoms with Gasteiger partial charge in [-0.3, -0.25) is 9.59 Å². The number of para-hydroxylation sites is 1. The molecule has 2 amide bonds. The van der Waals surface area contributed by atoms with Gasteiger partial charge in [0.05, 0.1) is 23.2 Å². The number of rotatable bonds is 8. The standard InChI is InChI=1S/C20H22N2O4S/c1-3-26-20(25)15-9-11-17(12-10-15)22-19(24)14(2)27-13-18(23)21-16-7-5-4-6-8-16/h4-12,14H,3,13H2,1-2H3,(H,21,23)(H,22,24). The van der Waals surface area contributed by atoms with Gasteiger partial charge in [-0.05, 0) is 50.2 Å². The van der Waals surface area contributed by atoms with Crippen molar-refractivity contribution in [3.8, 4) is 0 Å². The van der Waals surface area contributed by atoms with Crippen LogP contribution < -0.4 is 10.6 Å². The number of ether oxygens (including phenoxy) is 1. The largest absolute Gasteiger partial charge is 0.462 e. The van der Waals surface area contributed by atoms with Crippen molar-refractivity contribution in [3.63, 3.8) is 0 Å². The van der Waals surface area contributed by atoms with Crippen molar-refractivity contribution in [2.45, 2.75) is 19.1 Å². The molecular formula is C20H22N2O4S. The van der Waals surface area contributed by atoms with Crippen LogP contribution in [0.2, 0.25) is 0 Å². The summed E-state index contributed by atoms with van der Waals surface area (Å²) in [4.78, 5) is 35.8. The van der Waals surface area contributed by atoms with E-state index in [1.54, 1.807) is 50.2 Å². The lowest BCUT2D eigenvalue weighted by molar-refractivity contribution is -0.115. The monoisotopic (exact) mass is 386 g/mol. The van der Waals surface area contributed by atoms with Crippen LogP contribution in [0.15, 0.2) is 54.6 Å². The van der Waals surface area contributed by atoms with Gasteiger partial charge < -0.3 is 15.4 Å². The second-order valence-electron chi connectivity index (χ2n) is 5.65. The first-order valence-corrected chi connectivity index (χ1v) is 9.59. The predicted molar refractivity (Wildman–Crippen MR) is 108 cm³/mol. The van der Waals surface area contributed by atoms with Gasteiger partial charge in [0.1, 0.15) is 0 Å². The van der Waals surface area contributed by atoms with Crippen LogP contribution >= 0.6 is 11.8 Å². The van der Waals surface area contributed by atoms with Crippen molar-refractivity contribution in [2.75, 3.05) is 23.0 Å². The van der Waals surface area contributed by atoms with Crippen LogP contribution in [0.1, 0.15) is 24.2 Å². The highest BCUT2D eigenvalue weighted by Crippen LogP contribution is 2.16. The summed E-state index contributed by atoms with van der Waals surface area (Å²) < 4.78 is 4.92. The second-order valence-corrected chi connectivity index (χ2v) is 6.98. The molecule has 0 bridgehead atoms. The lowest BCUT2D eigenvalue weighted by atomic mass is 10.2. The molecular weight excluding hydrogens is 364 g/mol. The van der Waals surface area contributed by atoms with Gasteiger partial charge in [-0.15, -0.1) is 11.8 Å². The summed E-state index contributed by atoms with van der Waals surface area (Å²) in [6.45, 7) is 3.79. The van der Waals surface area contributed by atoms with Crippen LogP contribution in [-0.4, -0.2) is 35.4 Å².